The standard InChI is InChI=1S/C7H13N3O/c1-3-10-7(8)6(4-9-10)5(2)11/h4-5,11H,3,8H2,1-2H3. The first kappa shape index (κ1) is 8.07. The van der Waals surface area contributed by atoms with Crippen LogP contribution in [0.15, 0.2) is 6.20 Å². The number of nitrogens with two attached hydrogens (primary N) is 1. The van der Waals surface area contributed by atoms with Crippen molar-refractivity contribution in [2.75, 3.05) is 5.73 Å². The Morgan fingerprint density at radius 1 is 1.82 bits per heavy atom. The monoisotopic (exact) mass is 155 g/mol. The van der Waals surface area contributed by atoms with E-state index in [4.69, 9.17) is 5.73 Å². The predicted octanol–water partition coefficient (Wildman–Crippen LogP) is 0.539. The van der Waals surface area contributed by atoms with Crippen molar-refractivity contribution in [3.05, 3.63) is 11.8 Å². The van der Waals surface area contributed by atoms with Crippen molar-refractivity contribution >= 4 is 5.82 Å². The molecule has 1 aromatic heterocycles. The molecule has 0 saturated heterocycles. The number of hydrogen-bond acceptors (Lipinski definition) is 3. The normalized spacial score (nSPS) is 13.4. The molecule has 11 heavy (non-hydrogen) atoms. The molecule has 0 aliphatic carbocycles. The van der Waals surface area contributed by atoms with Crippen LogP contribution in [0.3, 0.4) is 0 Å². The van der Waals surface area contributed by atoms with Gasteiger partial charge in [0.15, 0.2) is 0 Å². The highest BCUT2D eigenvalue weighted by atomic mass is 16.3. The predicted molar refractivity (Wildman–Crippen MR) is 42.9 cm³/mol. The second-order valence-corrected chi connectivity index (χ2v) is 2.48. The first-order chi connectivity index (χ1) is 5.16. The lowest BCUT2D eigenvalue weighted by atomic mass is 10.2. The summed E-state index contributed by atoms with van der Waals surface area (Å²) in [4.78, 5) is 0. The fraction of sp³-hybridized carbons (Fsp3) is 0.571. The lowest BCUT2D eigenvalue weighted by Crippen LogP contribution is -2.04. The second kappa shape index (κ2) is 2.92. The van der Waals surface area contributed by atoms with E-state index in [1.54, 1.807) is 17.8 Å². The van der Waals surface area contributed by atoms with Crippen LogP contribution in [0, 0.1) is 0 Å². The van der Waals surface area contributed by atoms with Gasteiger partial charge in [-0.15, -0.1) is 0 Å². The molecule has 0 saturated carbocycles. The van der Waals surface area contributed by atoms with Crippen molar-refractivity contribution in [3.63, 3.8) is 0 Å². The zero-order valence-corrected chi connectivity index (χ0v) is 6.78. The molecular weight excluding hydrogens is 142 g/mol. The van der Waals surface area contributed by atoms with Crippen LogP contribution in [0.4, 0.5) is 5.82 Å². The number of anilines is 1. The number of aliphatic hydroxyl groups is 1. The van der Waals surface area contributed by atoms with Crippen LogP contribution in [0.5, 0.6) is 0 Å². The van der Waals surface area contributed by atoms with Crippen molar-refractivity contribution < 1.29 is 5.11 Å². The second-order valence-electron chi connectivity index (χ2n) is 2.48. The number of rotatable bonds is 2. The summed E-state index contributed by atoms with van der Waals surface area (Å²) in [6.45, 7) is 4.36. The van der Waals surface area contributed by atoms with E-state index in [9.17, 15) is 5.11 Å². The summed E-state index contributed by atoms with van der Waals surface area (Å²) in [5.74, 6) is 0.558. The quantitative estimate of drug-likeness (QED) is 0.655. The number of aromatic nitrogens is 2. The van der Waals surface area contributed by atoms with Gasteiger partial charge in [0.1, 0.15) is 5.82 Å². The molecular formula is C7H13N3O. The summed E-state index contributed by atoms with van der Waals surface area (Å²) in [5.41, 5.74) is 6.36. The van der Waals surface area contributed by atoms with E-state index in [2.05, 4.69) is 5.10 Å². The molecule has 0 aliphatic rings. The number of nitrogen functional groups attached to an aromatic ring is 1. The van der Waals surface area contributed by atoms with Crippen LogP contribution in [-0.4, -0.2) is 14.9 Å². The number of aryl methyl sites for hydroxylation is 1. The van der Waals surface area contributed by atoms with Crippen LogP contribution in [0.25, 0.3) is 0 Å². The molecule has 0 bridgehead atoms. The molecule has 4 heteroatoms. The van der Waals surface area contributed by atoms with Gasteiger partial charge in [-0.1, -0.05) is 0 Å². The Bertz CT molecular complexity index is 242. The molecule has 62 valence electrons. The van der Waals surface area contributed by atoms with Crippen molar-refractivity contribution in [2.24, 2.45) is 0 Å². The van der Waals surface area contributed by atoms with Gasteiger partial charge >= 0.3 is 0 Å². The highest BCUT2D eigenvalue weighted by Crippen LogP contribution is 2.18. The largest absolute Gasteiger partial charge is 0.389 e. The average Bonchev–Trinajstić information content (AvgIpc) is 2.30. The van der Waals surface area contributed by atoms with E-state index >= 15 is 0 Å². The molecule has 0 aliphatic heterocycles. The maximum atomic E-state index is 9.18. The lowest BCUT2D eigenvalue weighted by molar-refractivity contribution is 0.200. The topological polar surface area (TPSA) is 64.1 Å². The Labute approximate surface area is 65.6 Å². The van der Waals surface area contributed by atoms with Crippen molar-refractivity contribution in [1.82, 2.24) is 9.78 Å². The Hall–Kier alpha value is -1.03. The van der Waals surface area contributed by atoms with Crippen molar-refractivity contribution in [1.29, 1.82) is 0 Å². The van der Waals surface area contributed by atoms with Gasteiger partial charge in [-0.2, -0.15) is 5.10 Å². The van der Waals surface area contributed by atoms with Crippen LogP contribution < -0.4 is 5.73 Å². The third kappa shape index (κ3) is 1.35. The summed E-state index contributed by atoms with van der Waals surface area (Å²) in [6, 6.07) is 0. The highest BCUT2D eigenvalue weighted by Gasteiger charge is 2.09. The fourth-order valence-electron chi connectivity index (χ4n) is 0.983. The maximum Gasteiger partial charge on any atom is 0.127 e. The van der Waals surface area contributed by atoms with Gasteiger partial charge in [0.2, 0.25) is 0 Å². The zero-order valence-electron chi connectivity index (χ0n) is 6.78. The first-order valence-corrected chi connectivity index (χ1v) is 3.66. The molecule has 0 radical (unpaired) electrons. The van der Waals surface area contributed by atoms with E-state index in [0.29, 0.717) is 11.4 Å². The van der Waals surface area contributed by atoms with Crippen LogP contribution in [0.2, 0.25) is 0 Å². The van der Waals surface area contributed by atoms with Gasteiger partial charge in [-0.3, -0.25) is 4.68 Å². The molecule has 0 amide bonds. The van der Waals surface area contributed by atoms with Crippen LogP contribution in [0.1, 0.15) is 25.5 Å². The van der Waals surface area contributed by atoms with Crippen molar-refractivity contribution in [2.45, 2.75) is 26.5 Å². The Morgan fingerprint density at radius 2 is 2.45 bits per heavy atom. The summed E-state index contributed by atoms with van der Waals surface area (Å²) in [6.07, 6.45) is 1.07. The Kier molecular flexibility index (Phi) is 2.14. The third-order valence-electron chi connectivity index (χ3n) is 1.66. The Morgan fingerprint density at radius 3 is 2.73 bits per heavy atom. The first-order valence-electron chi connectivity index (χ1n) is 3.66. The number of nitrogens with zero attached hydrogens (tertiary/aromatic N) is 2. The van der Waals surface area contributed by atoms with Crippen LogP contribution >= 0.6 is 0 Å². The van der Waals surface area contributed by atoms with Crippen molar-refractivity contribution in [3.8, 4) is 0 Å². The van der Waals surface area contributed by atoms with Gasteiger partial charge in [0.25, 0.3) is 0 Å². The van der Waals surface area contributed by atoms with Gasteiger partial charge < -0.3 is 10.8 Å². The molecule has 0 spiro atoms. The van der Waals surface area contributed by atoms with Crippen LogP contribution in [-0.2, 0) is 6.54 Å². The molecule has 0 aromatic carbocycles. The van der Waals surface area contributed by atoms with E-state index in [0.717, 1.165) is 6.54 Å². The van der Waals surface area contributed by atoms with Gasteiger partial charge in [-0.05, 0) is 13.8 Å². The molecule has 1 rings (SSSR count). The maximum absolute atomic E-state index is 9.18. The molecule has 1 aromatic rings. The molecule has 1 unspecified atom stereocenters. The number of hydrogen-bond donors (Lipinski definition) is 2. The number of aliphatic hydroxyl groups excluding tert-OH is 1. The smallest absolute Gasteiger partial charge is 0.127 e. The fourth-order valence-corrected chi connectivity index (χ4v) is 0.983. The van der Waals surface area contributed by atoms with Gasteiger partial charge in [0, 0.05) is 12.1 Å². The average molecular weight is 155 g/mol. The highest BCUT2D eigenvalue weighted by molar-refractivity contribution is 5.39. The van der Waals surface area contributed by atoms with E-state index in [1.807, 2.05) is 6.92 Å². The molecule has 1 heterocycles. The summed E-state index contributed by atoms with van der Waals surface area (Å²) < 4.78 is 1.65. The lowest BCUT2D eigenvalue weighted by Gasteiger charge is -2.03. The summed E-state index contributed by atoms with van der Waals surface area (Å²) >= 11 is 0. The Balaban J connectivity index is 3.00. The van der Waals surface area contributed by atoms with E-state index in [1.165, 1.54) is 0 Å². The van der Waals surface area contributed by atoms with E-state index in [-0.39, 0.29) is 0 Å². The minimum absolute atomic E-state index is 0.532. The third-order valence-corrected chi connectivity index (χ3v) is 1.66. The summed E-state index contributed by atoms with van der Waals surface area (Å²) in [5, 5.41) is 13.2. The van der Waals surface area contributed by atoms with E-state index < -0.39 is 6.10 Å². The molecule has 3 N–H and O–H groups in total. The zero-order chi connectivity index (χ0) is 8.43. The minimum atomic E-state index is -0.532. The molecule has 1 atom stereocenters. The van der Waals surface area contributed by atoms with Gasteiger partial charge in [0.05, 0.1) is 12.3 Å². The minimum Gasteiger partial charge on any atom is -0.389 e. The summed E-state index contributed by atoms with van der Waals surface area (Å²) in [7, 11) is 0. The molecule has 4 nitrogen and oxygen atoms in total. The SMILES string of the molecule is CCn1ncc(C(C)O)c1N. The van der Waals surface area contributed by atoms with Gasteiger partial charge in [-0.25, -0.2) is 0 Å². The molecule has 0 fully saturated rings.